The van der Waals surface area contributed by atoms with Gasteiger partial charge < -0.3 is 4.55 Å². The average Bonchev–Trinajstić information content (AvgIpc) is 2.59. The molecule has 0 aromatic heterocycles. The number of hydrogen-bond acceptors (Lipinski definition) is 2. The summed E-state index contributed by atoms with van der Waals surface area (Å²) in [5.41, 5.74) is 0. The fourth-order valence-electron chi connectivity index (χ4n) is 2.04. The first-order valence-electron chi connectivity index (χ1n) is 7.79. The summed E-state index contributed by atoms with van der Waals surface area (Å²) in [4.78, 5) is 0. The summed E-state index contributed by atoms with van der Waals surface area (Å²) in [5, 5.41) is 0. The first-order valence-corrected chi connectivity index (χ1v) is 8.73. The molecule has 0 atom stereocenters. The first-order chi connectivity index (χ1) is 13.8. The Morgan fingerprint density at radius 3 is 1.12 bits per heavy atom. The van der Waals surface area contributed by atoms with Crippen molar-refractivity contribution in [3.05, 3.63) is 0 Å². The lowest BCUT2D eigenvalue weighted by Crippen LogP contribution is -2.74. The van der Waals surface area contributed by atoms with Gasteiger partial charge in [0.2, 0.25) is 0 Å². The van der Waals surface area contributed by atoms with E-state index in [1.165, 1.54) is 0 Å². The summed E-state index contributed by atoms with van der Waals surface area (Å²) in [6, 6.07) is 0. The summed E-state index contributed by atoms with van der Waals surface area (Å²) in [6.07, 6.45) is -12.1. The second-order valence-corrected chi connectivity index (χ2v) is 6.96. The highest BCUT2D eigenvalue weighted by atomic mass is 32.2. The van der Waals surface area contributed by atoms with Crippen LogP contribution in [0, 0.1) is 0 Å². The molecule has 0 bridgehead atoms. The van der Waals surface area contributed by atoms with Crippen LogP contribution in [0.2, 0.25) is 0 Å². The molecule has 194 valence electrons. The van der Waals surface area contributed by atoms with Gasteiger partial charge in [-0.2, -0.15) is 74.6 Å². The summed E-state index contributed by atoms with van der Waals surface area (Å²) in [7, 11) is 0. The highest BCUT2D eigenvalue weighted by Crippen LogP contribution is 2.64. The van der Waals surface area contributed by atoms with Crippen LogP contribution < -0.4 is 0 Å². The van der Waals surface area contributed by atoms with Crippen LogP contribution in [0.25, 0.3) is 0 Å². The van der Waals surface area contributed by atoms with E-state index in [0.29, 0.717) is 0 Å². The third kappa shape index (κ3) is 4.68. The van der Waals surface area contributed by atoms with Crippen molar-refractivity contribution in [2.24, 2.45) is 0 Å². The summed E-state index contributed by atoms with van der Waals surface area (Å²) in [5.74, 6) is -56.1. The second kappa shape index (κ2) is 9.05. The van der Waals surface area contributed by atoms with E-state index >= 15 is 0 Å². The minimum absolute atomic E-state index is 0.131. The Kier molecular flexibility index (Phi) is 8.80. The van der Waals surface area contributed by atoms with Gasteiger partial charge in [0.1, 0.15) is 0 Å². The van der Waals surface area contributed by atoms with Crippen LogP contribution >= 0.6 is 12.0 Å². The molecule has 0 fully saturated rings. The van der Waals surface area contributed by atoms with Gasteiger partial charge >= 0.3 is 47.6 Å². The fourth-order valence-corrected chi connectivity index (χ4v) is 2.38. The van der Waals surface area contributed by atoms with E-state index in [2.05, 4.69) is 0 Å². The van der Waals surface area contributed by atoms with Crippen molar-refractivity contribution in [1.29, 1.82) is 0 Å². The van der Waals surface area contributed by atoms with Crippen LogP contribution in [-0.4, -0.2) is 57.9 Å². The second-order valence-electron chi connectivity index (χ2n) is 6.29. The van der Waals surface area contributed by atoms with E-state index in [0.717, 1.165) is 0 Å². The van der Waals surface area contributed by atoms with Crippen LogP contribution in [-0.2, 0) is 0 Å². The molecule has 0 aromatic carbocycles. The molecule has 0 aliphatic heterocycles. The fraction of sp³-hybridized carbons (Fsp3) is 1.00. The van der Waals surface area contributed by atoms with Crippen LogP contribution in [0.1, 0.15) is 25.7 Å². The molecule has 1 nitrogen and oxygen atoms in total. The lowest BCUT2D eigenvalue weighted by Gasteiger charge is -2.42. The van der Waals surface area contributed by atoms with Gasteiger partial charge in [0.15, 0.2) is 0 Å². The largest absolute Gasteiger partial charge is 0.460 e. The minimum Gasteiger partial charge on any atom is -0.330 e. The Hall–Kier alpha value is -0.880. The highest BCUT2D eigenvalue weighted by Gasteiger charge is 2.95. The lowest BCUT2D eigenvalue weighted by molar-refractivity contribution is -0.461. The molecule has 0 saturated carbocycles. The monoisotopic (exact) mass is 538 g/mol. The van der Waals surface area contributed by atoms with Crippen molar-refractivity contribution in [3.8, 4) is 0 Å². The molecule has 32 heavy (non-hydrogen) atoms. The van der Waals surface area contributed by atoms with Gasteiger partial charge in [-0.15, -0.1) is 0 Å². The zero-order valence-corrected chi connectivity index (χ0v) is 15.6. The van der Waals surface area contributed by atoms with Crippen LogP contribution in [0.3, 0.4) is 0 Å². The molecule has 19 heteroatoms. The summed E-state index contributed by atoms with van der Waals surface area (Å²) >= 11 is 0.131. The third-order valence-electron chi connectivity index (χ3n) is 4.01. The standard InChI is InChI=1S/C13H11F17OS/c14-6(15,4-2-1-3-5-32-31)7(16,17)8(18,19)9(20,21)10(22,23)11(24,25)12(26,27)13(28,29)30/h31H,1-5H2. The van der Waals surface area contributed by atoms with Gasteiger partial charge in [0.25, 0.3) is 0 Å². The Morgan fingerprint density at radius 2 is 0.781 bits per heavy atom. The molecular formula is C13H11F17OS. The van der Waals surface area contributed by atoms with Gasteiger partial charge in [-0.25, -0.2) is 0 Å². The van der Waals surface area contributed by atoms with Gasteiger partial charge in [-0.1, -0.05) is 6.42 Å². The Bertz CT molecular complexity index is 626. The zero-order valence-electron chi connectivity index (χ0n) is 14.8. The van der Waals surface area contributed by atoms with Crippen molar-refractivity contribution in [2.75, 3.05) is 5.75 Å². The summed E-state index contributed by atoms with van der Waals surface area (Å²) in [6.45, 7) is 0. The quantitative estimate of drug-likeness (QED) is 0.156. The van der Waals surface area contributed by atoms with Gasteiger partial charge in [0, 0.05) is 12.2 Å². The maximum atomic E-state index is 13.5. The van der Waals surface area contributed by atoms with E-state index in [-0.39, 0.29) is 24.2 Å². The normalized spacial score (nSPS) is 15.9. The summed E-state index contributed by atoms with van der Waals surface area (Å²) < 4.78 is 229. The number of unbranched alkanes of at least 4 members (excludes halogenated alkanes) is 2. The van der Waals surface area contributed by atoms with E-state index < -0.39 is 66.9 Å². The molecule has 0 unspecified atom stereocenters. The van der Waals surface area contributed by atoms with E-state index in [1.807, 2.05) is 0 Å². The number of hydrogen-bond donors (Lipinski definition) is 1. The van der Waals surface area contributed by atoms with Crippen LogP contribution in [0.4, 0.5) is 74.6 Å². The Morgan fingerprint density at radius 1 is 0.438 bits per heavy atom. The molecule has 0 radical (unpaired) electrons. The van der Waals surface area contributed by atoms with Crippen molar-refractivity contribution in [3.63, 3.8) is 0 Å². The predicted molar refractivity (Wildman–Crippen MR) is 74.2 cm³/mol. The smallest absolute Gasteiger partial charge is 0.330 e. The molecule has 0 aromatic rings. The topological polar surface area (TPSA) is 20.2 Å². The molecule has 0 aliphatic carbocycles. The minimum atomic E-state index is -8.60. The number of alkyl halides is 17. The Balaban J connectivity index is 6.25. The van der Waals surface area contributed by atoms with Crippen LogP contribution in [0.5, 0.6) is 0 Å². The van der Waals surface area contributed by atoms with E-state index in [1.54, 1.807) is 0 Å². The molecule has 1 N–H and O–H groups in total. The van der Waals surface area contributed by atoms with E-state index in [9.17, 15) is 74.6 Å². The predicted octanol–water partition coefficient (Wildman–Crippen LogP) is 7.76. The van der Waals surface area contributed by atoms with Crippen LogP contribution in [0.15, 0.2) is 0 Å². The number of halogens is 17. The van der Waals surface area contributed by atoms with Crippen molar-refractivity contribution < 1.29 is 79.2 Å². The van der Waals surface area contributed by atoms with Gasteiger partial charge in [-0.05, 0) is 24.9 Å². The molecule has 0 aliphatic rings. The third-order valence-corrected chi connectivity index (χ3v) is 4.48. The molecule has 0 spiro atoms. The van der Waals surface area contributed by atoms with E-state index in [4.69, 9.17) is 4.55 Å². The van der Waals surface area contributed by atoms with Gasteiger partial charge in [-0.3, -0.25) is 0 Å². The molecular weight excluding hydrogens is 527 g/mol. The van der Waals surface area contributed by atoms with Crippen molar-refractivity contribution >= 4 is 12.0 Å². The molecule has 0 amide bonds. The van der Waals surface area contributed by atoms with Gasteiger partial charge in [0.05, 0.1) is 0 Å². The average molecular weight is 538 g/mol. The molecule has 0 saturated heterocycles. The molecule has 0 rings (SSSR count). The first kappa shape index (κ1) is 31.1. The SMILES string of the molecule is OSCCCCCC(F)(F)C(F)(F)C(F)(F)C(F)(F)C(F)(F)C(F)(F)C(F)(F)C(F)(F)F. The zero-order chi connectivity index (χ0) is 26.2. The number of rotatable bonds is 12. The maximum Gasteiger partial charge on any atom is 0.460 e. The van der Waals surface area contributed by atoms with Crippen molar-refractivity contribution in [2.45, 2.75) is 73.3 Å². The lowest BCUT2D eigenvalue weighted by atomic mass is 9.88. The maximum absolute atomic E-state index is 13.5. The Labute approximate surface area is 171 Å². The molecule has 0 heterocycles. The van der Waals surface area contributed by atoms with Crippen molar-refractivity contribution in [1.82, 2.24) is 0 Å². The highest BCUT2D eigenvalue weighted by molar-refractivity contribution is 7.93.